The summed E-state index contributed by atoms with van der Waals surface area (Å²) in [6.45, 7) is 4.11. The third kappa shape index (κ3) is 4.32. The molecule has 0 radical (unpaired) electrons. The normalized spacial score (nSPS) is 13.1. The van der Waals surface area contributed by atoms with Crippen molar-refractivity contribution in [1.29, 1.82) is 0 Å². The molecular weight excluding hydrogens is 380 g/mol. The first kappa shape index (κ1) is 19.6. The summed E-state index contributed by atoms with van der Waals surface area (Å²) in [6.07, 6.45) is 4.12. The van der Waals surface area contributed by atoms with E-state index in [1.165, 1.54) is 0 Å². The third-order valence-electron chi connectivity index (χ3n) is 5.14. The number of hydrogen-bond donors (Lipinski definition) is 2. The number of nitrogens with one attached hydrogen (secondary N) is 2. The fourth-order valence-electron chi connectivity index (χ4n) is 3.27. The molecule has 4 aromatic rings. The highest BCUT2D eigenvalue weighted by molar-refractivity contribution is 5.78. The predicted octanol–water partition coefficient (Wildman–Crippen LogP) is 3.43. The standard InChI is InChI=1S/C22H24N6O2/c1-3-15(2)21(22-25-18-9-4-5-10-19(18)26-22)27-20(29)12-30-17-8-6-7-16(11-17)28-13-23-24-14-28/h4-11,13-15,21H,3,12H2,1-2H3,(H,25,26)(H,27,29). The van der Waals surface area contributed by atoms with E-state index >= 15 is 0 Å². The van der Waals surface area contributed by atoms with E-state index < -0.39 is 0 Å². The minimum absolute atomic E-state index is 0.0845. The van der Waals surface area contributed by atoms with Gasteiger partial charge < -0.3 is 15.0 Å². The predicted molar refractivity (Wildman–Crippen MR) is 113 cm³/mol. The summed E-state index contributed by atoms with van der Waals surface area (Å²) < 4.78 is 7.49. The van der Waals surface area contributed by atoms with Gasteiger partial charge in [0, 0.05) is 6.07 Å². The molecule has 2 aromatic heterocycles. The van der Waals surface area contributed by atoms with Crippen LogP contribution >= 0.6 is 0 Å². The number of carbonyl (C=O) groups is 1. The molecule has 2 atom stereocenters. The molecule has 1 amide bonds. The Morgan fingerprint density at radius 2 is 1.97 bits per heavy atom. The first-order chi connectivity index (χ1) is 14.6. The van der Waals surface area contributed by atoms with E-state index in [0.717, 1.165) is 29.0 Å². The van der Waals surface area contributed by atoms with Crippen LogP contribution in [-0.4, -0.2) is 37.2 Å². The molecule has 0 aliphatic carbocycles. The van der Waals surface area contributed by atoms with Gasteiger partial charge in [-0.2, -0.15) is 0 Å². The number of carbonyl (C=O) groups excluding carboxylic acids is 1. The lowest BCUT2D eigenvalue weighted by Gasteiger charge is -2.22. The Kier molecular flexibility index (Phi) is 5.74. The van der Waals surface area contributed by atoms with Gasteiger partial charge in [0.25, 0.3) is 5.91 Å². The van der Waals surface area contributed by atoms with E-state index in [1.54, 1.807) is 17.2 Å². The summed E-state index contributed by atoms with van der Waals surface area (Å²) in [6, 6.07) is 15.0. The second kappa shape index (κ2) is 8.77. The van der Waals surface area contributed by atoms with Crippen molar-refractivity contribution in [2.75, 3.05) is 6.61 Å². The Bertz CT molecular complexity index is 1090. The lowest BCUT2D eigenvalue weighted by atomic mass is 9.98. The third-order valence-corrected chi connectivity index (χ3v) is 5.14. The number of aromatic nitrogens is 5. The van der Waals surface area contributed by atoms with Gasteiger partial charge in [-0.15, -0.1) is 10.2 Å². The van der Waals surface area contributed by atoms with Crippen LogP contribution in [0.25, 0.3) is 16.7 Å². The summed E-state index contributed by atoms with van der Waals surface area (Å²) in [5.74, 6) is 1.37. The Hall–Kier alpha value is -3.68. The molecule has 2 heterocycles. The molecule has 0 saturated carbocycles. The van der Waals surface area contributed by atoms with Crippen molar-refractivity contribution in [3.8, 4) is 11.4 Å². The van der Waals surface area contributed by atoms with E-state index in [4.69, 9.17) is 4.74 Å². The number of imidazole rings is 1. The maximum Gasteiger partial charge on any atom is 0.258 e. The minimum atomic E-state index is -0.221. The van der Waals surface area contributed by atoms with E-state index in [2.05, 4.69) is 39.3 Å². The molecule has 2 N–H and O–H groups in total. The molecule has 154 valence electrons. The van der Waals surface area contributed by atoms with Gasteiger partial charge in [-0.3, -0.25) is 9.36 Å². The number of amides is 1. The van der Waals surface area contributed by atoms with Crippen LogP contribution < -0.4 is 10.1 Å². The number of fused-ring (bicyclic) bond motifs is 1. The lowest BCUT2D eigenvalue weighted by molar-refractivity contribution is -0.124. The van der Waals surface area contributed by atoms with Crippen LogP contribution in [0, 0.1) is 5.92 Å². The average Bonchev–Trinajstić information content (AvgIpc) is 3.45. The zero-order valence-electron chi connectivity index (χ0n) is 16.9. The zero-order chi connectivity index (χ0) is 20.9. The van der Waals surface area contributed by atoms with E-state index in [0.29, 0.717) is 5.75 Å². The lowest BCUT2D eigenvalue weighted by Crippen LogP contribution is -2.36. The van der Waals surface area contributed by atoms with Crippen molar-refractivity contribution >= 4 is 16.9 Å². The number of H-pyrrole nitrogens is 1. The summed E-state index contributed by atoms with van der Waals surface area (Å²) >= 11 is 0. The number of aromatic amines is 1. The molecule has 0 aliphatic rings. The molecule has 8 heteroatoms. The topological polar surface area (TPSA) is 97.7 Å². The van der Waals surface area contributed by atoms with Gasteiger partial charge in [-0.1, -0.05) is 38.5 Å². The van der Waals surface area contributed by atoms with Crippen molar-refractivity contribution in [2.45, 2.75) is 26.3 Å². The van der Waals surface area contributed by atoms with Crippen LogP contribution in [0.15, 0.2) is 61.2 Å². The number of rotatable bonds is 8. The second-order valence-electron chi connectivity index (χ2n) is 7.23. The summed E-state index contributed by atoms with van der Waals surface area (Å²) in [5.41, 5.74) is 2.70. The molecule has 0 saturated heterocycles. The van der Waals surface area contributed by atoms with Gasteiger partial charge in [0.15, 0.2) is 6.61 Å². The van der Waals surface area contributed by atoms with Gasteiger partial charge >= 0.3 is 0 Å². The molecule has 0 fully saturated rings. The number of ether oxygens (including phenoxy) is 1. The molecule has 0 aliphatic heterocycles. The second-order valence-corrected chi connectivity index (χ2v) is 7.23. The zero-order valence-corrected chi connectivity index (χ0v) is 16.9. The van der Waals surface area contributed by atoms with Crippen molar-refractivity contribution < 1.29 is 9.53 Å². The fraction of sp³-hybridized carbons (Fsp3) is 0.273. The Balaban J connectivity index is 1.44. The van der Waals surface area contributed by atoms with E-state index in [9.17, 15) is 4.79 Å². The highest BCUT2D eigenvalue weighted by atomic mass is 16.5. The van der Waals surface area contributed by atoms with Crippen LogP contribution in [0.3, 0.4) is 0 Å². The van der Waals surface area contributed by atoms with Crippen molar-refractivity contribution in [3.63, 3.8) is 0 Å². The fourth-order valence-corrected chi connectivity index (χ4v) is 3.27. The van der Waals surface area contributed by atoms with Gasteiger partial charge in [-0.25, -0.2) is 4.98 Å². The molecule has 0 spiro atoms. The summed E-state index contributed by atoms with van der Waals surface area (Å²) in [7, 11) is 0. The molecule has 2 unspecified atom stereocenters. The maximum absolute atomic E-state index is 12.6. The SMILES string of the molecule is CCC(C)C(NC(=O)COc1cccc(-n2cnnc2)c1)c1nc2ccccc2[nH]1. The smallest absolute Gasteiger partial charge is 0.258 e. The number of nitrogens with zero attached hydrogens (tertiary/aromatic N) is 4. The highest BCUT2D eigenvalue weighted by Gasteiger charge is 2.23. The quantitative estimate of drug-likeness (QED) is 0.469. The number of para-hydroxylation sites is 2. The maximum atomic E-state index is 12.6. The van der Waals surface area contributed by atoms with Crippen molar-refractivity contribution in [3.05, 3.63) is 67.0 Å². The molecular formula is C22H24N6O2. The van der Waals surface area contributed by atoms with Crippen molar-refractivity contribution in [1.82, 2.24) is 30.0 Å². The molecule has 0 bridgehead atoms. The van der Waals surface area contributed by atoms with Gasteiger partial charge in [-0.05, 0) is 30.2 Å². The first-order valence-corrected chi connectivity index (χ1v) is 9.96. The van der Waals surface area contributed by atoms with Gasteiger partial charge in [0.05, 0.1) is 22.8 Å². The largest absolute Gasteiger partial charge is 0.484 e. The number of benzene rings is 2. The summed E-state index contributed by atoms with van der Waals surface area (Å²) in [5, 5.41) is 10.7. The van der Waals surface area contributed by atoms with Crippen LogP contribution in [-0.2, 0) is 4.79 Å². The van der Waals surface area contributed by atoms with E-state index in [-0.39, 0.29) is 24.5 Å². The monoisotopic (exact) mass is 404 g/mol. The van der Waals surface area contributed by atoms with Gasteiger partial charge in [0.2, 0.25) is 0 Å². The van der Waals surface area contributed by atoms with Crippen LogP contribution in [0.2, 0.25) is 0 Å². The highest BCUT2D eigenvalue weighted by Crippen LogP contribution is 2.24. The van der Waals surface area contributed by atoms with Crippen LogP contribution in [0.1, 0.15) is 32.1 Å². The Morgan fingerprint density at radius 3 is 2.73 bits per heavy atom. The Labute approximate surface area is 174 Å². The first-order valence-electron chi connectivity index (χ1n) is 9.96. The van der Waals surface area contributed by atoms with Crippen molar-refractivity contribution in [2.24, 2.45) is 5.92 Å². The van der Waals surface area contributed by atoms with Gasteiger partial charge in [0.1, 0.15) is 24.2 Å². The number of hydrogen-bond acceptors (Lipinski definition) is 5. The Morgan fingerprint density at radius 1 is 1.17 bits per heavy atom. The van der Waals surface area contributed by atoms with Crippen LogP contribution in [0.5, 0.6) is 5.75 Å². The molecule has 8 nitrogen and oxygen atoms in total. The molecule has 30 heavy (non-hydrogen) atoms. The van der Waals surface area contributed by atoms with E-state index in [1.807, 2.05) is 48.5 Å². The molecule has 4 rings (SSSR count). The van der Waals surface area contributed by atoms with Crippen LogP contribution in [0.4, 0.5) is 0 Å². The molecule has 2 aromatic carbocycles. The summed E-state index contributed by atoms with van der Waals surface area (Å²) in [4.78, 5) is 20.6. The average molecular weight is 404 g/mol. The minimum Gasteiger partial charge on any atom is -0.484 e.